The summed E-state index contributed by atoms with van der Waals surface area (Å²) in [5.41, 5.74) is 0.348. The van der Waals surface area contributed by atoms with Crippen LogP contribution in [-0.4, -0.2) is 27.8 Å². The molecule has 118 valence electrons. The molecule has 0 saturated carbocycles. The van der Waals surface area contributed by atoms with Gasteiger partial charge >= 0.3 is 5.97 Å². The Morgan fingerprint density at radius 2 is 1.74 bits per heavy atom. The normalized spacial score (nSPS) is 13.7. The number of carbonyl (C=O) groups excluding carboxylic acids is 3. The zero-order chi connectivity index (χ0) is 16.7. The number of aromatic nitrogens is 1. The predicted molar refractivity (Wildman–Crippen MR) is 77.7 cm³/mol. The second-order valence-electron chi connectivity index (χ2n) is 5.44. The van der Waals surface area contributed by atoms with E-state index in [0.717, 1.165) is 0 Å². The zero-order valence-electron chi connectivity index (χ0n) is 12.8. The van der Waals surface area contributed by atoms with Crippen molar-refractivity contribution < 1.29 is 23.6 Å². The summed E-state index contributed by atoms with van der Waals surface area (Å²) in [7, 11) is 0. The molecule has 7 nitrogen and oxygen atoms in total. The smallest absolute Gasteiger partial charge is 0.385 e. The van der Waals surface area contributed by atoms with Crippen LogP contribution in [-0.2, 0) is 4.84 Å². The van der Waals surface area contributed by atoms with Crippen LogP contribution < -0.4 is 0 Å². The minimum absolute atomic E-state index is 0.00504. The van der Waals surface area contributed by atoms with Crippen molar-refractivity contribution in [1.29, 1.82) is 0 Å². The fourth-order valence-corrected chi connectivity index (χ4v) is 2.23. The van der Waals surface area contributed by atoms with Gasteiger partial charge in [0.15, 0.2) is 11.6 Å². The number of aryl methyl sites for hydroxylation is 1. The van der Waals surface area contributed by atoms with Gasteiger partial charge < -0.3 is 9.25 Å². The molecule has 1 aromatic carbocycles. The Hall–Kier alpha value is -2.96. The molecular formula is C16H14N2O5. The lowest BCUT2D eigenvalue weighted by atomic mass is 10.1. The summed E-state index contributed by atoms with van der Waals surface area (Å²) in [4.78, 5) is 45.5. The number of amides is 2. The highest BCUT2D eigenvalue weighted by Gasteiger charge is 2.39. The Balaban J connectivity index is 1.85. The van der Waals surface area contributed by atoms with Crippen molar-refractivity contribution in [2.24, 2.45) is 0 Å². The fraction of sp³-hybridized carbons (Fsp3) is 0.250. The largest absolute Gasteiger partial charge is 0.445 e. The summed E-state index contributed by atoms with van der Waals surface area (Å²) in [5.74, 6) is -1.61. The summed E-state index contributed by atoms with van der Waals surface area (Å²) in [5, 5.41) is 0.455. The van der Waals surface area contributed by atoms with Crippen LogP contribution in [0.1, 0.15) is 62.6 Å². The molecule has 0 atom stereocenters. The topological polar surface area (TPSA) is 89.7 Å². The van der Waals surface area contributed by atoms with Gasteiger partial charge in [-0.2, -0.15) is 0 Å². The van der Waals surface area contributed by atoms with Crippen molar-refractivity contribution in [2.45, 2.75) is 26.7 Å². The number of nitrogens with zero attached hydrogens (tertiary/aromatic N) is 2. The maximum atomic E-state index is 12.2. The zero-order valence-corrected chi connectivity index (χ0v) is 12.8. The summed E-state index contributed by atoms with van der Waals surface area (Å²) >= 11 is 0. The predicted octanol–water partition coefficient (Wildman–Crippen LogP) is 2.47. The van der Waals surface area contributed by atoms with Crippen molar-refractivity contribution in [2.75, 3.05) is 0 Å². The van der Waals surface area contributed by atoms with Crippen molar-refractivity contribution >= 4 is 17.8 Å². The van der Waals surface area contributed by atoms with Gasteiger partial charge in [0.1, 0.15) is 5.76 Å². The second-order valence-corrected chi connectivity index (χ2v) is 5.44. The molecule has 7 heteroatoms. The van der Waals surface area contributed by atoms with Gasteiger partial charge in [-0.05, 0) is 19.1 Å². The lowest BCUT2D eigenvalue weighted by Crippen LogP contribution is -2.33. The molecule has 2 amide bonds. The Morgan fingerprint density at radius 1 is 1.17 bits per heavy atom. The molecule has 2 heterocycles. The average Bonchev–Trinajstić information content (AvgIpc) is 3.02. The van der Waals surface area contributed by atoms with E-state index in [1.165, 1.54) is 12.1 Å². The summed E-state index contributed by atoms with van der Waals surface area (Å²) in [6.07, 6.45) is 0. The molecule has 1 aliphatic rings. The third kappa shape index (κ3) is 2.40. The quantitative estimate of drug-likeness (QED) is 0.808. The molecule has 1 aromatic heterocycles. The molecule has 0 N–H and O–H groups in total. The second kappa shape index (κ2) is 5.35. The first-order valence-electron chi connectivity index (χ1n) is 7.07. The molecule has 0 saturated heterocycles. The molecule has 0 aliphatic carbocycles. The average molecular weight is 314 g/mol. The van der Waals surface area contributed by atoms with E-state index in [2.05, 4.69) is 4.98 Å². The van der Waals surface area contributed by atoms with Crippen LogP contribution in [0.4, 0.5) is 0 Å². The van der Waals surface area contributed by atoms with Crippen LogP contribution in [0.15, 0.2) is 28.7 Å². The van der Waals surface area contributed by atoms with Crippen LogP contribution in [0.25, 0.3) is 0 Å². The van der Waals surface area contributed by atoms with Crippen molar-refractivity contribution in [3.8, 4) is 0 Å². The van der Waals surface area contributed by atoms with Crippen LogP contribution in [0.3, 0.4) is 0 Å². The van der Waals surface area contributed by atoms with Crippen molar-refractivity contribution in [3.05, 3.63) is 52.7 Å². The lowest BCUT2D eigenvalue weighted by molar-refractivity contribution is -0.0589. The molecule has 0 unspecified atom stereocenters. The molecular weight excluding hydrogens is 300 g/mol. The van der Waals surface area contributed by atoms with Gasteiger partial charge in [-0.1, -0.05) is 31.0 Å². The minimum atomic E-state index is -0.910. The fourth-order valence-electron chi connectivity index (χ4n) is 2.23. The molecule has 0 fully saturated rings. The standard InChI is InChI=1S/C16H14N2O5/c1-8(2)13-17-12(9(3)22-13)16(21)23-18-14(19)10-6-4-5-7-11(10)15(18)20/h4-8H,1-3H3. The summed E-state index contributed by atoms with van der Waals surface area (Å²) in [6, 6.07) is 6.27. The van der Waals surface area contributed by atoms with Crippen LogP contribution >= 0.6 is 0 Å². The van der Waals surface area contributed by atoms with Gasteiger partial charge in [-0.3, -0.25) is 9.59 Å². The highest BCUT2D eigenvalue weighted by molar-refractivity contribution is 6.21. The molecule has 3 rings (SSSR count). The van der Waals surface area contributed by atoms with Gasteiger partial charge in [0, 0.05) is 5.92 Å². The summed E-state index contributed by atoms with van der Waals surface area (Å²) < 4.78 is 5.38. The van der Waals surface area contributed by atoms with Gasteiger partial charge in [-0.15, -0.1) is 0 Å². The minimum Gasteiger partial charge on any atom is -0.445 e. The maximum absolute atomic E-state index is 12.2. The van der Waals surface area contributed by atoms with E-state index >= 15 is 0 Å². The lowest BCUT2D eigenvalue weighted by Gasteiger charge is -2.11. The van der Waals surface area contributed by atoms with Gasteiger partial charge in [0.2, 0.25) is 0 Å². The van der Waals surface area contributed by atoms with Crippen LogP contribution in [0, 0.1) is 6.92 Å². The van der Waals surface area contributed by atoms with Crippen molar-refractivity contribution in [3.63, 3.8) is 0 Å². The van der Waals surface area contributed by atoms with Crippen molar-refractivity contribution in [1.82, 2.24) is 10.0 Å². The van der Waals surface area contributed by atoms with E-state index in [1.807, 2.05) is 13.8 Å². The number of oxazole rings is 1. The highest BCUT2D eigenvalue weighted by atomic mass is 16.7. The third-order valence-corrected chi connectivity index (χ3v) is 3.43. The van der Waals surface area contributed by atoms with E-state index in [0.29, 0.717) is 11.0 Å². The number of carbonyl (C=O) groups is 3. The molecule has 0 radical (unpaired) electrons. The number of hydroxylamine groups is 2. The van der Waals surface area contributed by atoms with Gasteiger partial charge in [0.25, 0.3) is 11.8 Å². The number of hydrogen-bond donors (Lipinski definition) is 0. The Kier molecular flexibility index (Phi) is 3.48. The Bertz CT molecular complexity index is 787. The molecule has 2 aromatic rings. The molecule has 1 aliphatic heterocycles. The molecule has 0 spiro atoms. The van der Waals surface area contributed by atoms with Gasteiger partial charge in [-0.25, -0.2) is 9.78 Å². The number of imide groups is 1. The SMILES string of the molecule is Cc1oc(C(C)C)nc1C(=O)ON1C(=O)c2ccccc2C1=O. The maximum Gasteiger partial charge on any atom is 0.385 e. The molecule has 23 heavy (non-hydrogen) atoms. The Morgan fingerprint density at radius 3 is 2.22 bits per heavy atom. The highest BCUT2D eigenvalue weighted by Crippen LogP contribution is 2.24. The van der Waals surface area contributed by atoms with E-state index in [-0.39, 0.29) is 28.5 Å². The first-order valence-corrected chi connectivity index (χ1v) is 7.07. The Labute approximate surface area is 131 Å². The summed E-state index contributed by atoms with van der Waals surface area (Å²) in [6.45, 7) is 5.30. The third-order valence-electron chi connectivity index (χ3n) is 3.43. The van der Waals surface area contributed by atoms with E-state index < -0.39 is 17.8 Å². The monoisotopic (exact) mass is 314 g/mol. The number of hydrogen-bond acceptors (Lipinski definition) is 6. The van der Waals surface area contributed by atoms with E-state index in [1.54, 1.807) is 19.1 Å². The number of fused-ring (bicyclic) bond motifs is 1. The first kappa shape index (κ1) is 15.0. The number of benzene rings is 1. The first-order chi connectivity index (χ1) is 10.9. The van der Waals surface area contributed by atoms with Gasteiger partial charge in [0.05, 0.1) is 11.1 Å². The van der Waals surface area contributed by atoms with Crippen LogP contribution in [0.2, 0.25) is 0 Å². The van der Waals surface area contributed by atoms with E-state index in [4.69, 9.17) is 9.25 Å². The van der Waals surface area contributed by atoms with Crippen LogP contribution in [0.5, 0.6) is 0 Å². The number of rotatable bonds is 3. The van der Waals surface area contributed by atoms with E-state index in [9.17, 15) is 14.4 Å². The molecule has 0 bridgehead atoms.